The maximum Gasteiger partial charge on any atom is 0.317 e. The molecule has 110 valence electrons. The first-order valence-corrected chi connectivity index (χ1v) is 7.96. The van der Waals surface area contributed by atoms with Crippen molar-refractivity contribution in [1.29, 1.82) is 0 Å². The molecule has 1 saturated carbocycles. The number of carbonyl (C=O) groups is 1. The molecule has 1 aliphatic heterocycles. The summed E-state index contributed by atoms with van der Waals surface area (Å²) in [6, 6.07) is 0.339. The van der Waals surface area contributed by atoms with Gasteiger partial charge in [-0.1, -0.05) is 26.2 Å². The van der Waals surface area contributed by atoms with E-state index in [-0.39, 0.29) is 18.2 Å². The Morgan fingerprint density at radius 2 is 2.05 bits per heavy atom. The molecule has 2 aliphatic rings. The second-order valence-corrected chi connectivity index (χ2v) is 6.00. The highest BCUT2D eigenvalue weighted by atomic mass is 16.3. The fourth-order valence-electron chi connectivity index (χ4n) is 3.55. The van der Waals surface area contributed by atoms with E-state index in [1.807, 2.05) is 4.90 Å². The number of aliphatic hydroxyl groups is 1. The van der Waals surface area contributed by atoms with Gasteiger partial charge in [-0.15, -0.1) is 0 Å². The fourth-order valence-corrected chi connectivity index (χ4v) is 3.55. The van der Waals surface area contributed by atoms with Gasteiger partial charge in [0.05, 0.1) is 6.10 Å². The van der Waals surface area contributed by atoms with E-state index in [4.69, 9.17) is 0 Å². The average Bonchev–Trinajstić information content (AvgIpc) is 2.88. The summed E-state index contributed by atoms with van der Waals surface area (Å²) < 4.78 is 0. The number of urea groups is 1. The van der Waals surface area contributed by atoms with Crippen molar-refractivity contribution in [2.24, 2.45) is 5.92 Å². The Bertz CT molecular complexity index is 296. The van der Waals surface area contributed by atoms with Crippen LogP contribution in [0.3, 0.4) is 0 Å². The largest absolute Gasteiger partial charge is 0.393 e. The predicted octanol–water partition coefficient (Wildman–Crippen LogP) is 2.51. The summed E-state index contributed by atoms with van der Waals surface area (Å²) in [5, 5.41) is 13.2. The number of nitrogens with zero attached hydrogens (tertiary/aromatic N) is 1. The molecule has 0 aromatic carbocycles. The zero-order valence-corrected chi connectivity index (χ0v) is 12.1. The van der Waals surface area contributed by atoms with Crippen LogP contribution in [0.4, 0.5) is 4.79 Å². The summed E-state index contributed by atoms with van der Waals surface area (Å²) in [5.74, 6) is 0.299. The molecule has 3 atom stereocenters. The Balaban J connectivity index is 1.90. The Morgan fingerprint density at radius 1 is 1.26 bits per heavy atom. The van der Waals surface area contributed by atoms with Gasteiger partial charge in [-0.05, 0) is 32.1 Å². The van der Waals surface area contributed by atoms with Crippen molar-refractivity contribution in [2.75, 3.05) is 13.1 Å². The van der Waals surface area contributed by atoms with Gasteiger partial charge in [0.15, 0.2) is 0 Å². The van der Waals surface area contributed by atoms with Crippen LogP contribution in [0, 0.1) is 5.92 Å². The molecule has 4 heteroatoms. The van der Waals surface area contributed by atoms with Crippen LogP contribution in [0.15, 0.2) is 0 Å². The second-order valence-electron chi connectivity index (χ2n) is 6.00. The Kier molecular flexibility index (Phi) is 5.49. The van der Waals surface area contributed by atoms with E-state index < -0.39 is 0 Å². The molecular weight excluding hydrogens is 240 g/mol. The third kappa shape index (κ3) is 3.62. The van der Waals surface area contributed by atoms with E-state index in [0.717, 1.165) is 58.0 Å². The number of aliphatic hydroxyl groups excluding tert-OH is 1. The molecule has 2 rings (SSSR count). The van der Waals surface area contributed by atoms with E-state index in [0.29, 0.717) is 5.92 Å². The van der Waals surface area contributed by atoms with Crippen LogP contribution in [-0.2, 0) is 0 Å². The third-order valence-corrected chi connectivity index (χ3v) is 4.64. The Labute approximate surface area is 116 Å². The zero-order valence-electron chi connectivity index (χ0n) is 12.1. The molecular formula is C15H28N2O2. The first-order valence-electron chi connectivity index (χ1n) is 7.96. The van der Waals surface area contributed by atoms with Crippen LogP contribution in [-0.4, -0.2) is 41.3 Å². The van der Waals surface area contributed by atoms with Gasteiger partial charge in [-0.2, -0.15) is 0 Å². The number of hydrogen-bond donors (Lipinski definition) is 2. The molecule has 3 unspecified atom stereocenters. The van der Waals surface area contributed by atoms with Gasteiger partial charge in [-0.25, -0.2) is 4.79 Å². The molecule has 1 aliphatic carbocycles. The maximum absolute atomic E-state index is 12.2. The minimum absolute atomic E-state index is 0.0775. The summed E-state index contributed by atoms with van der Waals surface area (Å²) in [7, 11) is 0. The quantitative estimate of drug-likeness (QED) is 0.770. The first kappa shape index (κ1) is 14.6. The highest BCUT2D eigenvalue weighted by Gasteiger charge is 2.38. The topological polar surface area (TPSA) is 52.6 Å². The maximum atomic E-state index is 12.2. The number of nitrogens with one attached hydrogen (secondary N) is 1. The van der Waals surface area contributed by atoms with Gasteiger partial charge in [0.1, 0.15) is 0 Å². The fraction of sp³-hybridized carbons (Fsp3) is 0.933. The van der Waals surface area contributed by atoms with Gasteiger partial charge in [0, 0.05) is 25.0 Å². The number of carbonyl (C=O) groups excluding carboxylic acids is 1. The van der Waals surface area contributed by atoms with Crippen molar-refractivity contribution < 1.29 is 9.90 Å². The Morgan fingerprint density at radius 3 is 2.79 bits per heavy atom. The molecule has 2 fully saturated rings. The van der Waals surface area contributed by atoms with Gasteiger partial charge in [-0.3, -0.25) is 0 Å². The van der Waals surface area contributed by atoms with Crippen LogP contribution < -0.4 is 5.32 Å². The first-order chi connectivity index (χ1) is 9.24. The minimum atomic E-state index is -0.206. The van der Waals surface area contributed by atoms with Gasteiger partial charge in [0.2, 0.25) is 0 Å². The molecule has 0 bridgehead atoms. The van der Waals surface area contributed by atoms with Crippen molar-refractivity contribution in [1.82, 2.24) is 10.2 Å². The summed E-state index contributed by atoms with van der Waals surface area (Å²) in [6.07, 6.45) is 8.38. The lowest BCUT2D eigenvalue weighted by Gasteiger charge is -2.37. The van der Waals surface area contributed by atoms with E-state index in [2.05, 4.69) is 12.2 Å². The number of rotatable bonds is 4. The van der Waals surface area contributed by atoms with Crippen molar-refractivity contribution in [3.8, 4) is 0 Å². The van der Waals surface area contributed by atoms with E-state index >= 15 is 0 Å². The smallest absolute Gasteiger partial charge is 0.317 e. The molecule has 1 heterocycles. The SMILES string of the molecule is CCCCNC(=O)N1CCCC1C1CCCCC1O. The normalized spacial score (nSPS) is 31.5. The van der Waals surface area contributed by atoms with Crippen LogP contribution >= 0.6 is 0 Å². The van der Waals surface area contributed by atoms with Gasteiger partial charge < -0.3 is 15.3 Å². The van der Waals surface area contributed by atoms with Crippen LogP contribution in [0.5, 0.6) is 0 Å². The zero-order chi connectivity index (χ0) is 13.7. The van der Waals surface area contributed by atoms with Crippen molar-refractivity contribution in [3.63, 3.8) is 0 Å². The monoisotopic (exact) mass is 268 g/mol. The number of hydrogen-bond acceptors (Lipinski definition) is 2. The van der Waals surface area contributed by atoms with Crippen LogP contribution in [0.1, 0.15) is 58.3 Å². The summed E-state index contributed by atoms with van der Waals surface area (Å²) in [4.78, 5) is 14.2. The molecule has 0 spiro atoms. The molecule has 0 aromatic heterocycles. The molecule has 0 aromatic rings. The third-order valence-electron chi connectivity index (χ3n) is 4.64. The molecule has 2 amide bonds. The van der Waals surface area contributed by atoms with Crippen molar-refractivity contribution in [3.05, 3.63) is 0 Å². The number of likely N-dealkylation sites (tertiary alicyclic amines) is 1. The van der Waals surface area contributed by atoms with E-state index in [1.54, 1.807) is 0 Å². The highest BCUT2D eigenvalue weighted by Crippen LogP contribution is 2.34. The number of unbranched alkanes of at least 4 members (excludes halogenated alkanes) is 1. The Hall–Kier alpha value is -0.770. The molecule has 19 heavy (non-hydrogen) atoms. The van der Waals surface area contributed by atoms with Crippen molar-refractivity contribution >= 4 is 6.03 Å². The van der Waals surface area contributed by atoms with Gasteiger partial charge in [0.25, 0.3) is 0 Å². The van der Waals surface area contributed by atoms with Crippen LogP contribution in [0.2, 0.25) is 0 Å². The number of amides is 2. The van der Waals surface area contributed by atoms with E-state index in [9.17, 15) is 9.90 Å². The van der Waals surface area contributed by atoms with Crippen LogP contribution in [0.25, 0.3) is 0 Å². The molecule has 4 nitrogen and oxygen atoms in total. The highest BCUT2D eigenvalue weighted by molar-refractivity contribution is 5.74. The minimum Gasteiger partial charge on any atom is -0.393 e. The lowest BCUT2D eigenvalue weighted by molar-refractivity contribution is 0.0307. The summed E-state index contributed by atoms with van der Waals surface area (Å²) in [6.45, 7) is 3.75. The molecule has 1 saturated heterocycles. The second kappa shape index (κ2) is 7.13. The molecule has 0 radical (unpaired) electrons. The van der Waals surface area contributed by atoms with Gasteiger partial charge >= 0.3 is 6.03 Å². The summed E-state index contributed by atoms with van der Waals surface area (Å²) >= 11 is 0. The lowest BCUT2D eigenvalue weighted by Crippen LogP contribution is -2.49. The average molecular weight is 268 g/mol. The van der Waals surface area contributed by atoms with Crippen molar-refractivity contribution in [2.45, 2.75) is 70.4 Å². The standard InChI is InChI=1S/C15H28N2O2/c1-2-3-10-16-15(19)17-11-6-8-13(17)12-7-4-5-9-14(12)18/h12-14,18H,2-11H2,1H3,(H,16,19). The lowest BCUT2D eigenvalue weighted by atomic mass is 9.80. The summed E-state index contributed by atoms with van der Waals surface area (Å²) in [5.41, 5.74) is 0. The predicted molar refractivity (Wildman–Crippen MR) is 76.0 cm³/mol. The molecule has 2 N–H and O–H groups in total. The van der Waals surface area contributed by atoms with E-state index in [1.165, 1.54) is 6.42 Å².